The Kier molecular flexibility index (Phi) is 5.37. The van der Waals surface area contributed by atoms with Crippen molar-refractivity contribution >= 4 is 23.3 Å². The number of aliphatic carboxylic acids is 1. The predicted molar refractivity (Wildman–Crippen MR) is 62.6 cm³/mol. The molecule has 0 radical (unpaired) electrons. The van der Waals surface area contributed by atoms with Crippen molar-refractivity contribution in [1.29, 1.82) is 0 Å². The third kappa shape index (κ3) is 5.27. The molecule has 0 aliphatic rings. The lowest BCUT2D eigenvalue weighted by Gasteiger charge is -2.08. The maximum atomic E-state index is 11.3. The second-order valence-corrected chi connectivity index (χ2v) is 4.25. The Balaban J connectivity index is 2.11. The van der Waals surface area contributed by atoms with Crippen LogP contribution in [0.4, 0.5) is 4.79 Å². The largest absolute Gasteiger partial charge is 0.480 e. The quantitative estimate of drug-likeness (QED) is 0.561. The fourth-order valence-electron chi connectivity index (χ4n) is 1.02. The van der Waals surface area contributed by atoms with E-state index in [0.29, 0.717) is 6.54 Å². The molecule has 1 heterocycles. The molecular formula is C9H14N4O3S. The maximum Gasteiger partial charge on any atom is 0.320 e. The van der Waals surface area contributed by atoms with Gasteiger partial charge in [-0.1, -0.05) is 0 Å². The first-order valence-corrected chi connectivity index (χ1v) is 5.86. The molecule has 7 nitrogen and oxygen atoms in total. The summed E-state index contributed by atoms with van der Waals surface area (Å²) in [5, 5.41) is 16.3. The number of carbonyl (C=O) groups is 2. The minimum Gasteiger partial charge on any atom is -0.480 e. The van der Waals surface area contributed by atoms with Crippen LogP contribution < -0.4 is 16.4 Å². The summed E-state index contributed by atoms with van der Waals surface area (Å²) in [7, 11) is 0. The van der Waals surface area contributed by atoms with Gasteiger partial charge in [-0.15, -0.1) is 11.3 Å². The number of thiazole rings is 1. The number of hydrogen-bond donors (Lipinski definition) is 4. The molecule has 0 saturated carbocycles. The molecule has 0 spiro atoms. The van der Waals surface area contributed by atoms with Crippen LogP contribution in [0.1, 0.15) is 11.4 Å². The van der Waals surface area contributed by atoms with E-state index in [1.165, 1.54) is 11.3 Å². The van der Waals surface area contributed by atoms with Crippen molar-refractivity contribution in [3.63, 3.8) is 0 Å². The number of nitrogens with two attached hydrogens (primary N) is 1. The highest BCUT2D eigenvalue weighted by Crippen LogP contribution is 2.02. The second-order valence-electron chi connectivity index (χ2n) is 3.27. The normalized spacial score (nSPS) is 11.8. The Labute approximate surface area is 102 Å². The van der Waals surface area contributed by atoms with Crippen molar-refractivity contribution in [3.05, 3.63) is 16.6 Å². The number of aromatic nitrogens is 1. The van der Waals surface area contributed by atoms with Gasteiger partial charge >= 0.3 is 12.0 Å². The average molecular weight is 258 g/mol. The zero-order valence-electron chi connectivity index (χ0n) is 9.05. The second kappa shape index (κ2) is 6.81. The molecule has 0 aliphatic carbocycles. The van der Waals surface area contributed by atoms with Crippen molar-refractivity contribution in [2.45, 2.75) is 19.0 Å². The number of urea groups is 1. The number of carboxylic acids is 1. The summed E-state index contributed by atoms with van der Waals surface area (Å²) in [6, 6.07) is -1.31. The fraction of sp³-hybridized carbons (Fsp3) is 0.444. The van der Waals surface area contributed by atoms with Gasteiger partial charge in [0.15, 0.2) is 0 Å². The number of nitrogens with zero attached hydrogens (tertiary/aromatic N) is 1. The lowest BCUT2D eigenvalue weighted by Crippen LogP contribution is -2.39. The van der Waals surface area contributed by atoms with Gasteiger partial charge < -0.3 is 21.5 Å². The number of carbonyl (C=O) groups excluding carboxylic acids is 1. The van der Waals surface area contributed by atoms with Gasteiger partial charge in [0.05, 0.1) is 6.54 Å². The first-order chi connectivity index (χ1) is 8.09. The molecule has 1 aromatic heterocycles. The summed E-state index contributed by atoms with van der Waals surface area (Å²) in [6.45, 7) is 0.575. The predicted octanol–water partition coefficient (Wildman–Crippen LogP) is -0.256. The summed E-state index contributed by atoms with van der Waals surface area (Å²) in [5.41, 5.74) is 5.27. The lowest BCUT2D eigenvalue weighted by atomic mass is 10.2. The van der Waals surface area contributed by atoms with Crippen LogP contribution in [0.2, 0.25) is 0 Å². The third-order valence-corrected chi connectivity index (χ3v) is 2.72. The third-order valence-electron chi connectivity index (χ3n) is 1.94. The number of hydrogen-bond acceptors (Lipinski definition) is 5. The standard InChI is InChI=1S/C9H14N4O3S/c10-6(8(14)15)1-2-12-9(16)13-5-7-11-3-4-17-7/h3-4,6H,1-2,5,10H2,(H,14,15)(H2,12,13,16). The van der Waals surface area contributed by atoms with Crippen molar-refractivity contribution < 1.29 is 14.7 Å². The smallest absolute Gasteiger partial charge is 0.320 e. The van der Waals surface area contributed by atoms with E-state index in [-0.39, 0.29) is 19.0 Å². The highest BCUT2D eigenvalue weighted by atomic mass is 32.1. The van der Waals surface area contributed by atoms with Crippen LogP contribution in [0.3, 0.4) is 0 Å². The van der Waals surface area contributed by atoms with Crippen LogP contribution >= 0.6 is 11.3 Å². The Morgan fingerprint density at radius 3 is 2.88 bits per heavy atom. The van der Waals surface area contributed by atoms with Gasteiger partial charge in [-0.2, -0.15) is 0 Å². The summed E-state index contributed by atoms with van der Waals surface area (Å²) in [6.07, 6.45) is 1.85. The number of carboxylic acid groups (broad SMARTS) is 1. The summed E-state index contributed by atoms with van der Waals surface area (Å²) >= 11 is 1.45. The molecule has 0 aliphatic heterocycles. The van der Waals surface area contributed by atoms with Crippen molar-refractivity contribution in [2.75, 3.05) is 6.54 Å². The first-order valence-electron chi connectivity index (χ1n) is 4.98. The SMILES string of the molecule is NC(CCNC(=O)NCc1nccs1)C(=O)O. The average Bonchev–Trinajstić information content (AvgIpc) is 2.78. The van der Waals surface area contributed by atoms with E-state index >= 15 is 0 Å². The van der Waals surface area contributed by atoms with Gasteiger partial charge in [0, 0.05) is 18.1 Å². The Hall–Kier alpha value is -1.67. The zero-order valence-corrected chi connectivity index (χ0v) is 9.87. The fourth-order valence-corrected chi connectivity index (χ4v) is 1.58. The summed E-state index contributed by atoms with van der Waals surface area (Å²) in [5.74, 6) is -1.07. The monoisotopic (exact) mass is 258 g/mol. The van der Waals surface area contributed by atoms with E-state index in [4.69, 9.17) is 10.8 Å². The molecule has 1 atom stereocenters. The van der Waals surface area contributed by atoms with Crippen LogP contribution in [0.25, 0.3) is 0 Å². The van der Waals surface area contributed by atoms with Crippen LogP contribution in [0, 0.1) is 0 Å². The minimum atomic E-state index is -1.07. The molecule has 17 heavy (non-hydrogen) atoms. The van der Waals surface area contributed by atoms with Crippen LogP contribution in [0.5, 0.6) is 0 Å². The van der Waals surface area contributed by atoms with Crippen molar-refractivity contribution in [2.24, 2.45) is 5.73 Å². The van der Waals surface area contributed by atoms with Gasteiger partial charge in [-0.05, 0) is 6.42 Å². The molecule has 0 fully saturated rings. The van der Waals surface area contributed by atoms with Crippen LogP contribution in [-0.2, 0) is 11.3 Å². The lowest BCUT2D eigenvalue weighted by molar-refractivity contribution is -0.138. The van der Waals surface area contributed by atoms with Crippen LogP contribution in [-0.4, -0.2) is 34.7 Å². The summed E-state index contributed by atoms with van der Waals surface area (Å²) < 4.78 is 0. The molecule has 0 saturated heterocycles. The number of rotatable bonds is 6. The van der Waals surface area contributed by atoms with Crippen LogP contribution in [0.15, 0.2) is 11.6 Å². The molecular weight excluding hydrogens is 244 g/mol. The van der Waals surface area contributed by atoms with Gasteiger partial charge in [0.25, 0.3) is 0 Å². The zero-order chi connectivity index (χ0) is 12.7. The highest BCUT2D eigenvalue weighted by Gasteiger charge is 2.11. The molecule has 1 aromatic rings. The topological polar surface area (TPSA) is 117 Å². The highest BCUT2D eigenvalue weighted by molar-refractivity contribution is 7.09. The van der Waals surface area contributed by atoms with E-state index < -0.39 is 12.0 Å². The molecule has 5 N–H and O–H groups in total. The number of amides is 2. The maximum absolute atomic E-state index is 11.3. The van der Waals surface area contributed by atoms with E-state index in [1.54, 1.807) is 6.20 Å². The number of nitrogens with one attached hydrogen (secondary N) is 2. The summed E-state index contributed by atoms with van der Waals surface area (Å²) in [4.78, 5) is 25.7. The van der Waals surface area contributed by atoms with Crippen molar-refractivity contribution in [1.82, 2.24) is 15.6 Å². The molecule has 0 aromatic carbocycles. The molecule has 8 heteroatoms. The molecule has 0 bridgehead atoms. The molecule has 1 rings (SSSR count). The van der Waals surface area contributed by atoms with Gasteiger partial charge in [-0.25, -0.2) is 9.78 Å². The Morgan fingerprint density at radius 1 is 1.53 bits per heavy atom. The van der Waals surface area contributed by atoms with E-state index in [1.807, 2.05) is 5.38 Å². The van der Waals surface area contributed by atoms with Gasteiger partial charge in [0.1, 0.15) is 11.0 Å². The van der Waals surface area contributed by atoms with E-state index in [0.717, 1.165) is 5.01 Å². The molecule has 2 amide bonds. The molecule has 1 unspecified atom stereocenters. The van der Waals surface area contributed by atoms with Gasteiger partial charge in [0.2, 0.25) is 0 Å². The Bertz CT molecular complexity index is 368. The molecule has 94 valence electrons. The minimum absolute atomic E-state index is 0.194. The van der Waals surface area contributed by atoms with E-state index in [9.17, 15) is 9.59 Å². The van der Waals surface area contributed by atoms with Crippen molar-refractivity contribution in [3.8, 4) is 0 Å². The first kappa shape index (κ1) is 13.4. The van der Waals surface area contributed by atoms with Gasteiger partial charge in [-0.3, -0.25) is 4.79 Å². The van der Waals surface area contributed by atoms with E-state index in [2.05, 4.69) is 15.6 Å². The Morgan fingerprint density at radius 2 is 2.29 bits per heavy atom.